The van der Waals surface area contributed by atoms with E-state index in [-0.39, 0.29) is 23.1 Å². The van der Waals surface area contributed by atoms with Crippen molar-refractivity contribution < 1.29 is 14.5 Å². The lowest BCUT2D eigenvalue weighted by atomic mass is 10.2. The van der Waals surface area contributed by atoms with E-state index < -0.39 is 10.8 Å². The second-order valence-corrected chi connectivity index (χ2v) is 5.73. The van der Waals surface area contributed by atoms with Gasteiger partial charge in [0.2, 0.25) is 0 Å². The van der Waals surface area contributed by atoms with Crippen molar-refractivity contribution in [1.82, 2.24) is 15.3 Å². The Hall–Kier alpha value is -3.66. The molecule has 1 aromatic carbocycles. The van der Waals surface area contributed by atoms with Crippen LogP contribution >= 0.6 is 11.6 Å². The van der Waals surface area contributed by atoms with Crippen LogP contribution in [0.25, 0.3) is 10.9 Å². The van der Waals surface area contributed by atoms with Crippen molar-refractivity contribution in [3.05, 3.63) is 57.5 Å². The molecular formula is C16H13ClN6O4. The van der Waals surface area contributed by atoms with E-state index in [0.717, 1.165) is 6.20 Å². The molecule has 0 radical (unpaired) electrons. The number of amides is 1. The Morgan fingerprint density at radius 3 is 2.89 bits per heavy atom. The zero-order valence-electron chi connectivity index (χ0n) is 13.9. The molecule has 0 aliphatic heterocycles. The summed E-state index contributed by atoms with van der Waals surface area (Å²) in [6.07, 6.45) is 2.45. The van der Waals surface area contributed by atoms with Crippen molar-refractivity contribution in [3.8, 4) is 11.5 Å². The van der Waals surface area contributed by atoms with Gasteiger partial charge in [0.25, 0.3) is 11.6 Å². The maximum absolute atomic E-state index is 12.2. The summed E-state index contributed by atoms with van der Waals surface area (Å²) in [7, 11) is 1.44. The monoisotopic (exact) mass is 388 g/mol. The van der Waals surface area contributed by atoms with Crippen LogP contribution in [-0.2, 0) is 0 Å². The van der Waals surface area contributed by atoms with Gasteiger partial charge in [-0.1, -0.05) is 11.6 Å². The first-order valence-electron chi connectivity index (χ1n) is 7.51. The van der Waals surface area contributed by atoms with Crippen LogP contribution in [0.3, 0.4) is 0 Å². The van der Waals surface area contributed by atoms with E-state index in [1.54, 1.807) is 12.1 Å². The Morgan fingerprint density at radius 1 is 1.41 bits per heavy atom. The van der Waals surface area contributed by atoms with Crippen molar-refractivity contribution >= 4 is 40.1 Å². The second kappa shape index (κ2) is 7.30. The predicted molar refractivity (Wildman–Crippen MR) is 99.3 cm³/mol. The first-order chi connectivity index (χ1) is 12.9. The van der Waals surface area contributed by atoms with E-state index in [1.165, 1.54) is 25.4 Å². The number of rotatable bonds is 4. The van der Waals surface area contributed by atoms with Crippen LogP contribution in [-0.4, -0.2) is 33.8 Å². The molecule has 11 heteroatoms. The normalized spacial score (nSPS) is 11.4. The van der Waals surface area contributed by atoms with E-state index in [0.29, 0.717) is 21.7 Å². The van der Waals surface area contributed by atoms with E-state index >= 15 is 0 Å². The minimum absolute atomic E-state index is 0.0381. The van der Waals surface area contributed by atoms with Gasteiger partial charge in [-0.3, -0.25) is 30.2 Å². The predicted octanol–water partition coefficient (Wildman–Crippen LogP) is 2.59. The highest BCUT2D eigenvalue weighted by Crippen LogP contribution is 2.34. The standard InChI is InChI=1S/C16H13ClN6O4/c1-19-16(18)22-15(24)12-5-10-11(17)2-3-13(14(10)21-12)27-9-4-8(23(25)26)6-20-7-9/h2-7,21H,1H3,(H3,18,19,22,24). The van der Waals surface area contributed by atoms with Gasteiger partial charge in [0.1, 0.15) is 11.9 Å². The lowest BCUT2D eigenvalue weighted by molar-refractivity contribution is -0.385. The number of aromatic nitrogens is 2. The number of aromatic amines is 1. The van der Waals surface area contributed by atoms with Gasteiger partial charge in [-0.25, -0.2) is 0 Å². The van der Waals surface area contributed by atoms with Crippen LogP contribution in [0.1, 0.15) is 10.5 Å². The Balaban J connectivity index is 1.99. The first kappa shape index (κ1) is 18.1. The molecule has 2 heterocycles. The number of H-pyrrole nitrogens is 1. The molecule has 4 N–H and O–H groups in total. The largest absolute Gasteiger partial charge is 0.453 e. The van der Waals surface area contributed by atoms with Crippen molar-refractivity contribution in [1.29, 1.82) is 0 Å². The maximum atomic E-state index is 12.2. The molecule has 0 bridgehead atoms. The third-order valence-electron chi connectivity index (χ3n) is 3.57. The van der Waals surface area contributed by atoms with Gasteiger partial charge in [-0.2, -0.15) is 0 Å². The van der Waals surface area contributed by atoms with Crippen LogP contribution in [0.5, 0.6) is 11.5 Å². The number of ether oxygens (including phenoxy) is 1. The molecule has 0 aliphatic carbocycles. The van der Waals surface area contributed by atoms with Gasteiger partial charge >= 0.3 is 0 Å². The lowest BCUT2D eigenvalue weighted by Gasteiger charge is -2.07. The number of nitro groups is 1. The number of hydrogen-bond acceptors (Lipinski definition) is 6. The average molecular weight is 389 g/mol. The van der Waals surface area contributed by atoms with Crippen molar-refractivity contribution in [2.75, 3.05) is 7.05 Å². The molecular weight excluding hydrogens is 376 g/mol. The van der Waals surface area contributed by atoms with Gasteiger partial charge in [0, 0.05) is 12.4 Å². The van der Waals surface area contributed by atoms with Crippen molar-refractivity contribution in [3.63, 3.8) is 0 Å². The minimum atomic E-state index is -0.575. The van der Waals surface area contributed by atoms with Crippen LogP contribution in [0, 0.1) is 10.1 Å². The van der Waals surface area contributed by atoms with E-state index in [2.05, 4.69) is 20.3 Å². The Kier molecular flexibility index (Phi) is 4.90. The van der Waals surface area contributed by atoms with Gasteiger partial charge in [-0.05, 0) is 18.2 Å². The number of carbonyl (C=O) groups is 1. The van der Waals surface area contributed by atoms with Crippen molar-refractivity contribution in [2.24, 2.45) is 10.7 Å². The third kappa shape index (κ3) is 3.80. The van der Waals surface area contributed by atoms with Gasteiger partial charge in [-0.15, -0.1) is 0 Å². The molecule has 0 unspecified atom stereocenters. The molecule has 0 aliphatic rings. The van der Waals surface area contributed by atoms with E-state index in [9.17, 15) is 14.9 Å². The molecule has 0 saturated heterocycles. The average Bonchev–Trinajstić information content (AvgIpc) is 3.11. The molecule has 0 atom stereocenters. The summed E-state index contributed by atoms with van der Waals surface area (Å²) in [4.78, 5) is 32.9. The van der Waals surface area contributed by atoms with Gasteiger partial charge < -0.3 is 15.5 Å². The fourth-order valence-electron chi connectivity index (χ4n) is 2.30. The molecule has 3 rings (SSSR count). The van der Waals surface area contributed by atoms with Gasteiger partial charge in [0.05, 0.1) is 27.7 Å². The number of pyridine rings is 1. The number of benzene rings is 1. The molecule has 27 heavy (non-hydrogen) atoms. The highest BCUT2D eigenvalue weighted by molar-refractivity contribution is 6.36. The minimum Gasteiger partial charge on any atom is -0.453 e. The fraction of sp³-hybridized carbons (Fsp3) is 0.0625. The van der Waals surface area contributed by atoms with Crippen LogP contribution < -0.4 is 15.8 Å². The SMILES string of the molecule is CN=C(N)NC(=O)c1cc2c(Cl)ccc(Oc3cncc([N+](=O)[O-])c3)c2[nH]1. The topological polar surface area (TPSA) is 149 Å². The maximum Gasteiger partial charge on any atom is 0.291 e. The molecule has 0 fully saturated rings. The summed E-state index contributed by atoms with van der Waals surface area (Å²) >= 11 is 6.19. The first-order valence-corrected chi connectivity index (χ1v) is 7.89. The molecule has 0 spiro atoms. The summed E-state index contributed by atoms with van der Waals surface area (Å²) in [5.74, 6) is -0.0686. The molecule has 1 amide bonds. The molecule has 138 valence electrons. The summed E-state index contributed by atoms with van der Waals surface area (Å²) in [5, 5.41) is 14.2. The second-order valence-electron chi connectivity index (χ2n) is 5.32. The summed E-state index contributed by atoms with van der Waals surface area (Å²) in [6.45, 7) is 0. The molecule has 2 aromatic heterocycles. The molecule has 0 saturated carbocycles. The highest BCUT2D eigenvalue weighted by Gasteiger charge is 2.16. The number of halogens is 1. The Labute approximate surface area is 157 Å². The molecule has 3 aromatic rings. The number of guanidine groups is 1. The van der Waals surface area contributed by atoms with Crippen LogP contribution in [0.4, 0.5) is 5.69 Å². The zero-order valence-corrected chi connectivity index (χ0v) is 14.6. The quantitative estimate of drug-likeness (QED) is 0.270. The fourth-order valence-corrected chi connectivity index (χ4v) is 2.51. The van der Waals surface area contributed by atoms with Crippen LogP contribution in [0.2, 0.25) is 5.02 Å². The number of aliphatic imine (C=N–C) groups is 1. The molecule has 10 nitrogen and oxygen atoms in total. The number of nitrogens with two attached hydrogens (primary N) is 1. The van der Waals surface area contributed by atoms with Crippen LogP contribution in [0.15, 0.2) is 41.7 Å². The number of nitrogens with one attached hydrogen (secondary N) is 2. The number of nitrogens with zero attached hydrogens (tertiary/aromatic N) is 3. The smallest absolute Gasteiger partial charge is 0.291 e. The van der Waals surface area contributed by atoms with E-state index in [1.807, 2.05) is 0 Å². The van der Waals surface area contributed by atoms with E-state index in [4.69, 9.17) is 22.1 Å². The number of hydrogen-bond donors (Lipinski definition) is 3. The lowest BCUT2D eigenvalue weighted by Crippen LogP contribution is -2.36. The van der Waals surface area contributed by atoms with Gasteiger partial charge in [0.15, 0.2) is 17.5 Å². The number of carbonyl (C=O) groups excluding carboxylic acids is 1. The highest BCUT2D eigenvalue weighted by atomic mass is 35.5. The Bertz CT molecular complexity index is 1080. The third-order valence-corrected chi connectivity index (χ3v) is 3.90. The summed E-state index contributed by atoms with van der Waals surface area (Å²) < 4.78 is 5.70. The summed E-state index contributed by atoms with van der Waals surface area (Å²) in [5.41, 5.74) is 5.91. The van der Waals surface area contributed by atoms with Crippen molar-refractivity contribution in [2.45, 2.75) is 0 Å². The zero-order chi connectivity index (χ0) is 19.6. The number of fused-ring (bicyclic) bond motifs is 1. The Morgan fingerprint density at radius 2 is 2.19 bits per heavy atom. The summed E-state index contributed by atoms with van der Waals surface area (Å²) in [6, 6.07) is 5.93.